The molecule has 1 heteroatoms. The largest absolute Gasteiger partial charge is 0.494 e. The minimum Gasteiger partial charge on any atom is -0.494 e. The van der Waals surface area contributed by atoms with Gasteiger partial charge in [0.05, 0.1) is 0 Å². The molecule has 0 fully saturated rings. The first-order chi connectivity index (χ1) is 6.47. The molecule has 0 aromatic rings. The Hall–Kier alpha value is -0.720. The highest BCUT2D eigenvalue weighted by Crippen LogP contribution is 2.40. The molecule has 2 aliphatic rings. The highest BCUT2D eigenvalue weighted by atomic mass is 16.5. The Morgan fingerprint density at radius 2 is 2.00 bits per heavy atom. The van der Waals surface area contributed by atoms with Gasteiger partial charge in [0, 0.05) is 12.8 Å². The van der Waals surface area contributed by atoms with E-state index in [4.69, 9.17) is 4.74 Å². The molecule has 1 aliphatic heterocycles. The molecule has 14 heavy (non-hydrogen) atoms. The molecule has 78 valence electrons. The summed E-state index contributed by atoms with van der Waals surface area (Å²) in [5, 5.41) is 0. The summed E-state index contributed by atoms with van der Waals surface area (Å²) in [7, 11) is 0. The summed E-state index contributed by atoms with van der Waals surface area (Å²) in [6.07, 6.45) is 6.11. The van der Waals surface area contributed by atoms with Crippen LogP contribution in [0.25, 0.3) is 0 Å². The van der Waals surface area contributed by atoms with Gasteiger partial charge in [-0.05, 0) is 24.3 Å². The summed E-state index contributed by atoms with van der Waals surface area (Å²) < 4.78 is 6.01. The van der Waals surface area contributed by atoms with Crippen molar-refractivity contribution in [3.63, 3.8) is 0 Å². The molecule has 0 saturated carbocycles. The second-order valence-corrected chi connectivity index (χ2v) is 5.62. The van der Waals surface area contributed by atoms with Gasteiger partial charge >= 0.3 is 0 Å². The lowest BCUT2D eigenvalue weighted by Gasteiger charge is -2.27. The van der Waals surface area contributed by atoms with Gasteiger partial charge in [-0.3, -0.25) is 0 Å². The Balaban J connectivity index is 2.13. The third-order valence-electron chi connectivity index (χ3n) is 3.18. The van der Waals surface area contributed by atoms with E-state index in [0.29, 0.717) is 6.10 Å². The lowest BCUT2D eigenvalue weighted by Crippen LogP contribution is -2.25. The van der Waals surface area contributed by atoms with E-state index in [2.05, 4.69) is 33.8 Å². The maximum Gasteiger partial charge on any atom is 0.107 e. The molecule has 0 bridgehead atoms. The molecule has 1 nitrogen and oxygen atoms in total. The van der Waals surface area contributed by atoms with E-state index in [-0.39, 0.29) is 5.41 Å². The number of hydrogen-bond acceptors (Lipinski definition) is 1. The zero-order chi connectivity index (χ0) is 10.3. The van der Waals surface area contributed by atoms with Gasteiger partial charge < -0.3 is 4.74 Å². The molecule has 0 spiro atoms. The first-order valence-corrected chi connectivity index (χ1v) is 5.52. The zero-order valence-electron chi connectivity index (χ0n) is 9.68. The average molecular weight is 192 g/mol. The standard InChI is InChI=1S/C13H20O/c1-9-5-6-11-10(7-9)8-12(14-11)13(2,3)4/h7,12H,5-6,8H2,1-4H3. The van der Waals surface area contributed by atoms with Gasteiger partial charge in [-0.25, -0.2) is 0 Å². The summed E-state index contributed by atoms with van der Waals surface area (Å²) in [4.78, 5) is 0. The molecule has 1 heterocycles. The maximum absolute atomic E-state index is 6.01. The Kier molecular flexibility index (Phi) is 2.21. The van der Waals surface area contributed by atoms with Gasteiger partial charge in [0.2, 0.25) is 0 Å². The normalized spacial score (nSPS) is 27.1. The van der Waals surface area contributed by atoms with Gasteiger partial charge in [-0.1, -0.05) is 32.4 Å². The highest BCUT2D eigenvalue weighted by molar-refractivity contribution is 5.33. The van der Waals surface area contributed by atoms with Gasteiger partial charge in [-0.2, -0.15) is 0 Å². The lowest BCUT2D eigenvalue weighted by atomic mass is 9.85. The second kappa shape index (κ2) is 3.15. The van der Waals surface area contributed by atoms with Crippen molar-refractivity contribution in [1.82, 2.24) is 0 Å². The number of ether oxygens (including phenoxy) is 1. The SMILES string of the molecule is CC1=CC2=C(CC1)OC(C(C)(C)C)C2. The lowest BCUT2D eigenvalue weighted by molar-refractivity contribution is 0.0455. The van der Waals surface area contributed by atoms with Crippen LogP contribution in [0.15, 0.2) is 23.0 Å². The van der Waals surface area contributed by atoms with Crippen LogP contribution in [0.2, 0.25) is 0 Å². The van der Waals surface area contributed by atoms with E-state index in [1.165, 1.54) is 23.3 Å². The van der Waals surface area contributed by atoms with Crippen molar-refractivity contribution in [2.24, 2.45) is 5.41 Å². The van der Waals surface area contributed by atoms with E-state index in [1.807, 2.05) is 0 Å². The number of hydrogen-bond donors (Lipinski definition) is 0. The molecule has 0 aromatic carbocycles. The summed E-state index contributed by atoms with van der Waals surface area (Å²) in [5.41, 5.74) is 3.22. The van der Waals surface area contributed by atoms with Crippen LogP contribution < -0.4 is 0 Å². The van der Waals surface area contributed by atoms with Crippen molar-refractivity contribution in [1.29, 1.82) is 0 Å². The Labute approximate surface area is 86.8 Å². The second-order valence-electron chi connectivity index (χ2n) is 5.62. The van der Waals surface area contributed by atoms with E-state index >= 15 is 0 Å². The van der Waals surface area contributed by atoms with Gasteiger partial charge in [0.15, 0.2) is 0 Å². The molecular formula is C13H20O. The van der Waals surface area contributed by atoms with Crippen LogP contribution in [0.5, 0.6) is 0 Å². The third-order valence-corrected chi connectivity index (χ3v) is 3.18. The molecule has 0 aromatic heterocycles. The number of allylic oxidation sites excluding steroid dienone is 3. The average Bonchev–Trinajstić information content (AvgIpc) is 2.45. The van der Waals surface area contributed by atoms with Crippen LogP contribution in [0.1, 0.15) is 47.0 Å². The van der Waals surface area contributed by atoms with E-state index in [9.17, 15) is 0 Å². The minimum atomic E-state index is 0.263. The molecule has 2 rings (SSSR count). The molecule has 1 aliphatic carbocycles. The molecular weight excluding hydrogens is 172 g/mol. The van der Waals surface area contributed by atoms with Crippen LogP contribution in [0.3, 0.4) is 0 Å². The first kappa shape index (κ1) is 9.82. The van der Waals surface area contributed by atoms with E-state index in [1.54, 1.807) is 0 Å². The quantitative estimate of drug-likeness (QED) is 0.567. The van der Waals surface area contributed by atoms with Crippen LogP contribution in [-0.4, -0.2) is 6.10 Å². The molecule has 0 saturated heterocycles. The molecule has 1 atom stereocenters. The first-order valence-electron chi connectivity index (χ1n) is 5.52. The summed E-state index contributed by atoms with van der Waals surface area (Å²) in [5.74, 6) is 1.26. The van der Waals surface area contributed by atoms with Crippen molar-refractivity contribution in [3.05, 3.63) is 23.0 Å². The summed E-state index contributed by atoms with van der Waals surface area (Å²) in [6, 6.07) is 0. The van der Waals surface area contributed by atoms with Crippen LogP contribution >= 0.6 is 0 Å². The predicted octanol–water partition coefficient (Wildman–Crippen LogP) is 3.82. The van der Waals surface area contributed by atoms with Gasteiger partial charge in [-0.15, -0.1) is 0 Å². The predicted molar refractivity (Wildman–Crippen MR) is 59.0 cm³/mol. The van der Waals surface area contributed by atoms with Crippen molar-refractivity contribution in [2.45, 2.75) is 53.1 Å². The van der Waals surface area contributed by atoms with Crippen LogP contribution in [-0.2, 0) is 4.74 Å². The smallest absolute Gasteiger partial charge is 0.107 e. The Morgan fingerprint density at radius 1 is 1.29 bits per heavy atom. The molecule has 0 amide bonds. The zero-order valence-corrected chi connectivity index (χ0v) is 9.68. The minimum absolute atomic E-state index is 0.263. The fraction of sp³-hybridized carbons (Fsp3) is 0.692. The Morgan fingerprint density at radius 3 is 2.64 bits per heavy atom. The van der Waals surface area contributed by atoms with Crippen LogP contribution in [0.4, 0.5) is 0 Å². The van der Waals surface area contributed by atoms with Crippen LogP contribution in [0, 0.1) is 5.41 Å². The summed E-state index contributed by atoms with van der Waals surface area (Å²) in [6.45, 7) is 8.99. The van der Waals surface area contributed by atoms with Crippen molar-refractivity contribution in [2.75, 3.05) is 0 Å². The molecule has 0 radical (unpaired) electrons. The van der Waals surface area contributed by atoms with Crippen molar-refractivity contribution in [3.8, 4) is 0 Å². The van der Waals surface area contributed by atoms with Crippen molar-refractivity contribution < 1.29 is 4.74 Å². The Bertz CT molecular complexity index is 302. The number of rotatable bonds is 0. The summed E-state index contributed by atoms with van der Waals surface area (Å²) >= 11 is 0. The monoisotopic (exact) mass is 192 g/mol. The van der Waals surface area contributed by atoms with E-state index in [0.717, 1.165) is 12.8 Å². The van der Waals surface area contributed by atoms with Gasteiger partial charge in [0.25, 0.3) is 0 Å². The molecule has 0 N–H and O–H groups in total. The van der Waals surface area contributed by atoms with Gasteiger partial charge in [0.1, 0.15) is 11.9 Å². The fourth-order valence-corrected chi connectivity index (χ4v) is 2.12. The van der Waals surface area contributed by atoms with E-state index < -0.39 is 0 Å². The maximum atomic E-state index is 6.01. The van der Waals surface area contributed by atoms with Crippen molar-refractivity contribution >= 4 is 0 Å². The molecule has 1 unspecified atom stereocenters. The third kappa shape index (κ3) is 1.73. The highest BCUT2D eigenvalue weighted by Gasteiger charge is 2.34. The fourth-order valence-electron chi connectivity index (χ4n) is 2.12. The topological polar surface area (TPSA) is 9.23 Å².